The number of rotatable bonds is 5. The van der Waals surface area contributed by atoms with Gasteiger partial charge in [-0.15, -0.1) is 0 Å². The van der Waals surface area contributed by atoms with Gasteiger partial charge in [0.15, 0.2) is 0 Å². The molecule has 0 aromatic heterocycles. The minimum Gasteiger partial charge on any atom is -0.207 e. The maximum Gasteiger partial charge on any atom is 0.130 e. The van der Waals surface area contributed by atoms with Crippen LogP contribution in [0.15, 0.2) is 42.5 Å². The Balaban J connectivity index is 2.15. The second kappa shape index (κ2) is 9.70. The molecule has 0 amide bonds. The second-order valence-corrected chi connectivity index (χ2v) is 11.5. The molecule has 3 aromatic carbocycles. The van der Waals surface area contributed by atoms with Gasteiger partial charge in [-0.3, -0.25) is 0 Å². The van der Waals surface area contributed by atoms with Gasteiger partial charge in [0.25, 0.3) is 0 Å². The van der Waals surface area contributed by atoms with Crippen molar-refractivity contribution in [2.45, 2.75) is 71.6 Å². The summed E-state index contributed by atoms with van der Waals surface area (Å²) in [6.45, 7) is 12.6. The first-order chi connectivity index (χ1) is 16.9. The molecule has 0 nitrogen and oxygen atoms in total. The largest absolute Gasteiger partial charge is 0.207 e. The molecule has 0 atom stereocenters. The van der Waals surface area contributed by atoms with Crippen LogP contribution in [-0.2, 0) is 16.2 Å². The molecular weight excluding hydrogens is 486 g/mol. The van der Waals surface area contributed by atoms with Crippen LogP contribution in [0.4, 0.5) is 26.3 Å². The third kappa shape index (κ3) is 5.21. The number of allylic oxidation sites excluding steroid dienone is 1. The van der Waals surface area contributed by atoms with Gasteiger partial charge in [-0.05, 0) is 65.4 Å². The van der Waals surface area contributed by atoms with Crippen LogP contribution in [0.3, 0.4) is 0 Å². The Morgan fingerprint density at radius 2 is 0.784 bits per heavy atom. The molecule has 0 bridgehead atoms. The molecule has 37 heavy (non-hydrogen) atoms. The summed E-state index contributed by atoms with van der Waals surface area (Å²) in [4.78, 5) is 0. The molecule has 0 heterocycles. The fraction of sp³-hybridized carbons (Fsp3) is 0.355. The van der Waals surface area contributed by atoms with E-state index in [0.717, 1.165) is 36.4 Å². The molecular formula is C31H32F6. The normalized spacial score (nSPS) is 13.0. The molecule has 0 aliphatic heterocycles. The van der Waals surface area contributed by atoms with Crippen molar-refractivity contribution < 1.29 is 26.3 Å². The molecule has 0 spiro atoms. The van der Waals surface area contributed by atoms with E-state index in [-0.39, 0.29) is 22.3 Å². The molecule has 0 radical (unpaired) electrons. The minimum absolute atomic E-state index is 0.0130. The lowest BCUT2D eigenvalue weighted by Gasteiger charge is -2.31. The lowest BCUT2D eigenvalue weighted by molar-refractivity contribution is 0.457. The number of halogens is 6. The monoisotopic (exact) mass is 518 g/mol. The molecule has 0 saturated heterocycles. The van der Waals surface area contributed by atoms with E-state index >= 15 is 8.78 Å². The van der Waals surface area contributed by atoms with Crippen molar-refractivity contribution in [3.8, 4) is 0 Å². The smallest absolute Gasteiger partial charge is 0.130 e. The first-order valence-electron chi connectivity index (χ1n) is 12.0. The van der Waals surface area contributed by atoms with E-state index in [1.54, 1.807) is 39.8 Å². The predicted molar refractivity (Wildman–Crippen MR) is 137 cm³/mol. The summed E-state index contributed by atoms with van der Waals surface area (Å²) >= 11 is 0. The summed E-state index contributed by atoms with van der Waals surface area (Å²) < 4.78 is 90.9. The van der Waals surface area contributed by atoms with Crippen LogP contribution >= 0.6 is 0 Å². The highest BCUT2D eigenvalue weighted by Gasteiger charge is 2.36. The Labute approximate surface area is 215 Å². The van der Waals surface area contributed by atoms with Gasteiger partial charge in [-0.1, -0.05) is 60.6 Å². The van der Waals surface area contributed by atoms with Crippen molar-refractivity contribution in [2.75, 3.05) is 0 Å². The summed E-state index contributed by atoms with van der Waals surface area (Å²) in [7, 11) is 0. The lowest BCUT2D eigenvalue weighted by atomic mass is 9.73. The zero-order chi connectivity index (χ0) is 28.1. The third-order valence-electron chi connectivity index (χ3n) is 6.95. The highest BCUT2D eigenvalue weighted by Crippen LogP contribution is 2.42. The first-order valence-corrected chi connectivity index (χ1v) is 12.0. The minimum atomic E-state index is -1.46. The predicted octanol–water partition coefficient (Wildman–Crippen LogP) is 9.50. The van der Waals surface area contributed by atoms with Crippen LogP contribution in [-0.4, -0.2) is 0 Å². The van der Waals surface area contributed by atoms with Crippen molar-refractivity contribution in [2.24, 2.45) is 0 Å². The molecule has 0 saturated carbocycles. The molecule has 0 unspecified atom stereocenters. The van der Waals surface area contributed by atoms with E-state index in [0.29, 0.717) is 5.56 Å². The first kappa shape index (κ1) is 28.5. The van der Waals surface area contributed by atoms with Gasteiger partial charge < -0.3 is 0 Å². The summed E-state index contributed by atoms with van der Waals surface area (Å²) in [5.41, 5.74) is -4.16. The van der Waals surface area contributed by atoms with E-state index < -0.39 is 56.7 Å². The molecule has 3 aromatic rings. The van der Waals surface area contributed by atoms with Gasteiger partial charge in [0.05, 0.1) is 0 Å². The fourth-order valence-electron chi connectivity index (χ4n) is 4.95. The zero-order valence-corrected chi connectivity index (χ0v) is 22.4. The maximum absolute atomic E-state index is 15.5. The van der Waals surface area contributed by atoms with Gasteiger partial charge in [0.2, 0.25) is 0 Å². The summed E-state index contributed by atoms with van der Waals surface area (Å²) in [6.07, 6.45) is 3.18. The van der Waals surface area contributed by atoms with Gasteiger partial charge in [0.1, 0.15) is 34.9 Å². The maximum atomic E-state index is 15.5. The Bertz CT molecular complexity index is 1300. The molecule has 198 valence electrons. The molecule has 0 fully saturated rings. The number of benzene rings is 3. The summed E-state index contributed by atoms with van der Waals surface area (Å²) in [5, 5.41) is 0. The van der Waals surface area contributed by atoms with Crippen LogP contribution in [0, 0.1) is 34.9 Å². The van der Waals surface area contributed by atoms with Crippen LogP contribution in [0.2, 0.25) is 0 Å². The highest BCUT2D eigenvalue weighted by molar-refractivity contribution is 5.53. The molecule has 6 heteroatoms. The fourth-order valence-corrected chi connectivity index (χ4v) is 4.95. The van der Waals surface area contributed by atoms with Crippen LogP contribution in [0.5, 0.6) is 0 Å². The quantitative estimate of drug-likeness (QED) is 0.295. The summed E-state index contributed by atoms with van der Waals surface area (Å²) in [5.74, 6) is -5.26. The van der Waals surface area contributed by atoms with Crippen molar-refractivity contribution in [1.82, 2.24) is 0 Å². The highest BCUT2D eigenvalue weighted by atomic mass is 19.2. The second-order valence-electron chi connectivity index (χ2n) is 11.5. The molecule has 0 N–H and O–H groups in total. The van der Waals surface area contributed by atoms with Crippen molar-refractivity contribution >= 4 is 6.08 Å². The van der Waals surface area contributed by atoms with E-state index in [1.165, 1.54) is 27.7 Å². The van der Waals surface area contributed by atoms with E-state index in [2.05, 4.69) is 0 Å². The van der Waals surface area contributed by atoms with Gasteiger partial charge in [0, 0.05) is 27.5 Å². The average Bonchev–Trinajstić information content (AvgIpc) is 2.71. The van der Waals surface area contributed by atoms with Crippen molar-refractivity contribution in [1.29, 1.82) is 0 Å². The van der Waals surface area contributed by atoms with Gasteiger partial charge in [-0.25, -0.2) is 26.3 Å². The van der Waals surface area contributed by atoms with Gasteiger partial charge in [-0.2, -0.15) is 0 Å². The molecule has 3 rings (SSSR count). The molecule has 0 aliphatic rings. The van der Waals surface area contributed by atoms with Crippen LogP contribution in [0.1, 0.15) is 88.8 Å². The molecule has 0 aliphatic carbocycles. The lowest BCUT2D eigenvalue weighted by Crippen LogP contribution is -2.27. The van der Waals surface area contributed by atoms with E-state index in [4.69, 9.17) is 0 Å². The average molecular weight is 519 g/mol. The Hall–Kier alpha value is -3.02. The SMILES string of the molecule is CC=Cc1cc(F)c(C(C)(C)c2cc(F)c(C(C)(C)c3cc(F)c(C(C)(C)C)c(F)c3)c(F)c2)c(F)c1. The number of hydrogen-bond acceptors (Lipinski definition) is 0. The Morgan fingerprint density at radius 1 is 0.486 bits per heavy atom. The van der Waals surface area contributed by atoms with Crippen LogP contribution in [0.25, 0.3) is 6.08 Å². The third-order valence-corrected chi connectivity index (χ3v) is 6.95. The van der Waals surface area contributed by atoms with Crippen molar-refractivity contribution in [3.05, 3.63) is 111 Å². The van der Waals surface area contributed by atoms with Crippen LogP contribution < -0.4 is 0 Å². The summed E-state index contributed by atoms with van der Waals surface area (Å²) in [6, 6.07) is 6.56. The standard InChI is InChI=1S/C31H32F6/c1-9-10-17-11-20(32)27(21(33)12-17)30(5,6)19-15-24(36)28(25(37)16-19)31(7,8)18-13-22(34)26(23(35)14-18)29(2,3)4/h9-16H,1-8H3. The van der Waals surface area contributed by atoms with E-state index in [1.807, 2.05) is 0 Å². The van der Waals surface area contributed by atoms with Crippen molar-refractivity contribution in [3.63, 3.8) is 0 Å². The zero-order valence-electron chi connectivity index (χ0n) is 22.4. The Kier molecular flexibility index (Phi) is 7.48. The van der Waals surface area contributed by atoms with E-state index in [9.17, 15) is 17.6 Å². The topological polar surface area (TPSA) is 0 Å². The Morgan fingerprint density at radius 3 is 1.08 bits per heavy atom. The van der Waals surface area contributed by atoms with Gasteiger partial charge >= 0.3 is 0 Å². The number of hydrogen-bond donors (Lipinski definition) is 0.